The highest BCUT2D eigenvalue weighted by molar-refractivity contribution is 7.99. The largest absolute Gasteiger partial charge is 0.465 e. The van der Waals surface area contributed by atoms with Crippen molar-refractivity contribution in [1.29, 1.82) is 0 Å². The van der Waals surface area contributed by atoms with Crippen LogP contribution in [0.15, 0.2) is 0 Å². The van der Waals surface area contributed by atoms with Crippen LogP contribution >= 0.6 is 11.8 Å². The first kappa shape index (κ1) is 48.7. The summed E-state index contributed by atoms with van der Waals surface area (Å²) in [5.41, 5.74) is 0. The van der Waals surface area contributed by atoms with Crippen molar-refractivity contribution in [3.05, 3.63) is 0 Å². The summed E-state index contributed by atoms with van der Waals surface area (Å²) >= 11 is 1.97. The van der Waals surface area contributed by atoms with Crippen LogP contribution in [0.5, 0.6) is 0 Å². The molecule has 2 atom stereocenters. The van der Waals surface area contributed by atoms with Gasteiger partial charge in [-0.05, 0) is 77.1 Å². The Kier molecular flexibility index (Phi) is 32.1. The van der Waals surface area contributed by atoms with Crippen LogP contribution in [0.2, 0.25) is 0 Å². The summed E-state index contributed by atoms with van der Waals surface area (Å²) in [6.45, 7) is 11.2. The van der Waals surface area contributed by atoms with Gasteiger partial charge in [0, 0.05) is 24.6 Å². The molecule has 0 aromatic carbocycles. The molecule has 0 saturated carbocycles. The predicted octanol–water partition coefficient (Wildman–Crippen LogP) is 12.0. The van der Waals surface area contributed by atoms with Crippen LogP contribution in [0.25, 0.3) is 0 Å². The Labute approximate surface area is 325 Å². The third kappa shape index (κ3) is 26.5. The average molecular weight is 754 g/mol. The molecule has 1 aliphatic rings. The van der Waals surface area contributed by atoms with Gasteiger partial charge in [0.25, 0.3) is 0 Å². The van der Waals surface area contributed by atoms with Gasteiger partial charge in [0.1, 0.15) is 12.2 Å². The number of hydrogen-bond acceptors (Lipinski definition) is 8. The van der Waals surface area contributed by atoms with E-state index >= 15 is 0 Å². The van der Waals surface area contributed by atoms with Crippen molar-refractivity contribution in [3.8, 4) is 0 Å². The number of nitrogens with zero attached hydrogens (tertiary/aromatic N) is 1. The molecule has 2 unspecified atom stereocenters. The maximum Gasteiger partial charge on any atom is 0.310 e. The fourth-order valence-electron chi connectivity index (χ4n) is 7.10. The summed E-state index contributed by atoms with van der Waals surface area (Å²) in [6.07, 6.45) is 29.6. The molecule has 8 heteroatoms. The molecular weight excluding hydrogens is 671 g/mol. The van der Waals surface area contributed by atoms with E-state index < -0.39 is 0 Å². The normalized spacial score (nSPS) is 16.4. The molecule has 0 radical (unpaired) electrons. The van der Waals surface area contributed by atoms with Gasteiger partial charge in [-0.2, -0.15) is 11.8 Å². The monoisotopic (exact) mass is 754 g/mol. The van der Waals surface area contributed by atoms with Gasteiger partial charge in [-0.1, -0.05) is 137 Å². The Balaban J connectivity index is 2.12. The third-order valence-electron chi connectivity index (χ3n) is 10.6. The van der Waals surface area contributed by atoms with Crippen molar-refractivity contribution in [2.24, 2.45) is 5.92 Å². The number of likely N-dealkylation sites (tertiary alicyclic amines) is 1. The minimum atomic E-state index is -0.0262. The number of ether oxygens (including phenoxy) is 3. The second-order valence-corrected chi connectivity index (χ2v) is 17.0. The van der Waals surface area contributed by atoms with Gasteiger partial charge in [0.2, 0.25) is 0 Å². The topological polar surface area (TPSA) is 82.1 Å². The highest BCUT2D eigenvalue weighted by Gasteiger charge is 2.34. The van der Waals surface area contributed by atoms with E-state index in [1.807, 2.05) is 11.8 Å². The number of esters is 3. The molecular formula is C44H83NO6S. The zero-order valence-electron chi connectivity index (χ0n) is 34.7. The molecule has 1 aliphatic heterocycles. The summed E-state index contributed by atoms with van der Waals surface area (Å²) in [6, 6.07) is 0. The third-order valence-corrected chi connectivity index (χ3v) is 12.0. The second-order valence-electron chi connectivity index (χ2n) is 15.6. The first-order valence-corrected chi connectivity index (χ1v) is 23.2. The van der Waals surface area contributed by atoms with Crippen LogP contribution in [-0.2, 0) is 28.6 Å². The predicted molar refractivity (Wildman–Crippen MR) is 220 cm³/mol. The van der Waals surface area contributed by atoms with Crippen LogP contribution in [0, 0.1) is 5.92 Å². The summed E-state index contributed by atoms with van der Waals surface area (Å²) < 4.78 is 17.4. The Morgan fingerprint density at radius 3 is 1.48 bits per heavy atom. The van der Waals surface area contributed by atoms with E-state index in [2.05, 4.69) is 39.6 Å². The van der Waals surface area contributed by atoms with E-state index in [1.54, 1.807) is 0 Å². The van der Waals surface area contributed by atoms with Gasteiger partial charge in [0.15, 0.2) is 0 Å². The molecule has 52 heavy (non-hydrogen) atoms. The van der Waals surface area contributed by atoms with E-state index in [1.165, 1.54) is 32.1 Å². The first-order valence-electron chi connectivity index (χ1n) is 22.2. The number of piperidine rings is 1. The fraction of sp³-hybridized carbons (Fsp3) is 0.932. The van der Waals surface area contributed by atoms with E-state index in [9.17, 15) is 14.4 Å². The van der Waals surface area contributed by atoms with E-state index in [-0.39, 0.29) is 36.0 Å². The SMILES string of the molecule is CCCCC(CCCC)OC(=O)CCCCCCCCCSC1CN(C)CCC1C(=O)OCCCCCCCCC(=O)OC(CCCC)CCCC. The molecule has 1 heterocycles. The number of carbonyl (C=O) groups is 3. The van der Waals surface area contributed by atoms with Crippen LogP contribution in [0.1, 0.15) is 207 Å². The van der Waals surface area contributed by atoms with Crippen molar-refractivity contribution in [1.82, 2.24) is 4.90 Å². The molecule has 0 aromatic heterocycles. The van der Waals surface area contributed by atoms with Crippen LogP contribution in [0.3, 0.4) is 0 Å². The Bertz CT molecular complexity index is 856. The van der Waals surface area contributed by atoms with Crippen LogP contribution in [-0.4, -0.2) is 72.8 Å². The zero-order valence-corrected chi connectivity index (χ0v) is 35.6. The molecule has 0 aliphatic carbocycles. The van der Waals surface area contributed by atoms with Gasteiger partial charge >= 0.3 is 17.9 Å². The van der Waals surface area contributed by atoms with Gasteiger partial charge in [-0.25, -0.2) is 0 Å². The number of hydrogen-bond donors (Lipinski definition) is 0. The Hall–Kier alpha value is -1.28. The van der Waals surface area contributed by atoms with Gasteiger partial charge in [-0.15, -0.1) is 0 Å². The Morgan fingerprint density at radius 1 is 0.596 bits per heavy atom. The van der Waals surface area contributed by atoms with Crippen LogP contribution < -0.4 is 0 Å². The zero-order chi connectivity index (χ0) is 38.1. The molecule has 7 nitrogen and oxygen atoms in total. The molecule has 0 aromatic rings. The second kappa shape index (κ2) is 34.2. The summed E-state index contributed by atoms with van der Waals surface area (Å²) in [5, 5.41) is 0.315. The van der Waals surface area contributed by atoms with Crippen molar-refractivity contribution in [2.75, 3.05) is 32.5 Å². The lowest BCUT2D eigenvalue weighted by Gasteiger charge is -2.35. The summed E-state index contributed by atoms with van der Waals surface area (Å²) in [5.74, 6) is 1.08. The molecule has 0 spiro atoms. The lowest BCUT2D eigenvalue weighted by Crippen LogP contribution is -2.44. The first-order chi connectivity index (χ1) is 25.3. The molecule has 1 rings (SSSR count). The number of carbonyl (C=O) groups excluding carboxylic acids is 3. The number of unbranched alkanes of at least 4 members (excludes halogenated alkanes) is 15. The summed E-state index contributed by atoms with van der Waals surface area (Å²) in [7, 11) is 2.16. The van der Waals surface area contributed by atoms with Gasteiger partial charge in [0.05, 0.1) is 12.5 Å². The van der Waals surface area contributed by atoms with Crippen molar-refractivity contribution in [3.63, 3.8) is 0 Å². The number of rotatable bonds is 35. The van der Waals surface area contributed by atoms with Crippen molar-refractivity contribution >= 4 is 29.7 Å². The van der Waals surface area contributed by atoms with E-state index in [4.69, 9.17) is 14.2 Å². The molecule has 0 amide bonds. The van der Waals surface area contributed by atoms with Gasteiger partial charge < -0.3 is 19.1 Å². The minimum absolute atomic E-state index is 0.00149. The highest BCUT2D eigenvalue weighted by Crippen LogP contribution is 2.30. The van der Waals surface area contributed by atoms with Crippen molar-refractivity contribution in [2.45, 2.75) is 225 Å². The maximum atomic E-state index is 13.1. The fourth-order valence-corrected chi connectivity index (χ4v) is 8.61. The number of thioether (sulfide) groups is 1. The summed E-state index contributed by atoms with van der Waals surface area (Å²) in [4.78, 5) is 40.1. The van der Waals surface area contributed by atoms with Crippen molar-refractivity contribution < 1.29 is 28.6 Å². The molecule has 0 N–H and O–H groups in total. The molecule has 0 bridgehead atoms. The minimum Gasteiger partial charge on any atom is -0.465 e. The lowest BCUT2D eigenvalue weighted by molar-refractivity contribution is -0.151. The average Bonchev–Trinajstić information content (AvgIpc) is 3.13. The maximum absolute atomic E-state index is 13.1. The molecule has 306 valence electrons. The smallest absolute Gasteiger partial charge is 0.310 e. The highest BCUT2D eigenvalue weighted by atomic mass is 32.2. The Morgan fingerprint density at radius 2 is 1.02 bits per heavy atom. The van der Waals surface area contributed by atoms with Gasteiger partial charge in [-0.3, -0.25) is 14.4 Å². The molecule has 1 saturated heterocycles. The van der Waals surface area contributed by atoms with E-state index in [0.29, 0.717) is 24.7 Å². The quantitative estimate of drug-likeness (QED) is 0.0359. The molecule has 1 fully saturated rings. The lowest BCUT2D eigenvalue weighted by atomic mass is 9.97. The van der Waals surface area contributed by atoms with Crippen LogP contribution in [0.4, 0.5) is 0 Å². The standard InChI is InChI=1S/C44H83NO6S/c1-6-10-27-38(28-11-7-2)50-42(46)31-23-19-15-14-18-22-26-36-52-41-37-45(5)34-33-40(41)44(48)49-35-25-21-17-16-20-24-32-43(47)51-39(29-12-8-3)30-13-9-4/h38-41H,6-37H2,1-5H3. The van der Waals surface area contributed by atoms with E-state index in [0.717, 1.165) is 154 Å².